The van der Waals surface area contributed by atoms with Crippen molar-refractivity contribution in [1.29, 1.82) is 0 Å². The maximum absolute atomic E-state index is 2.44. The fraction of sp³-hybridized carbons (Fsp3) is 0.115. The predicted molar refractivity (Wildman–Crippen MR) is 112 cm³/mol. The molecule has 3 aromatic carbocycles. The molecule has 0 aromatic heterocycles. The van der Waals surface area contributed by atoms with Crippen LogP contribution in [0, 0.1) is 0 Å². The first-order valence-electron chi connectivity index (χ1n) is 9.66. The number of allylic oxidation sites excluding steroid dienone is 4. The first-order chi connectivity index (χ1) is 13.3. The number of halogens is 2. The molecule has 0 bridgehead atoms. The van der Waals surface area contributed by atoms with Gasteiger partial charge in [-0.3, -0.25) is 0 Å². The summed E-state index contributed by atoms with van der Waals surface area (Å²) in [4.78, 5) is 0. The van der Waals surface area contributed by atoms with Crippen LogP contribution in [0.1, 0.15) is 30.0 Å². The summed E-state index contributed by atoms with van der Waals surface area (Å²) in [5, 5.41) is 0. The first kappa shape index (κ1) is 22.2. The second kappa shape index (κ2) is 9.52. The maximum atomic E-state index is 2.44. The quantitative estimate of drug-likeness (QED) is 0.362. The third kappa shape index (κ3) is 4.06. The Labute approximate surface area is 193 Å². The van der Waals surface area contributed by atoms with Gasteiger partial charge < -0.3 is 24.8 Å². The van der Waals surface area contributed by atoms with Gasteiger partial charge in [0.25, 0.3) is 0 Å². The van der Waals surface area contributed by atoms with E-state index in [2.05, 4.69) is 97.9 Å². The zero-order valence-corrected chi connectivity index (χ0v) is 20.3. The number of fused-ring (bicyclic) bond motifs is 3. The van der Waals surface area contributed by atoms with Crippen molar-refractivity contribution in [1.82, 2.24) is 0 Å². The maximum Gasteiger partial charge on any atom is -1.00 e. The molecule has 0 heterocycles. The van der Waals surface area contributed by atoms with E-state index >= 15 is 0 Å². The standard InChI is InChI=1S/C13H9.C8H8.C5H5.2ClH.Zr/c1-3-7-12-10(5-1)9-11-6-2-4-8-13(11)12;1-2-8-6-4-3-5-7-8;1-2-4-5-3-1;;;/h1-5,7-8H,9H2;3-7H,1H3;1-3H,4H2;2*1H;/q;;;;;+2/p-2. The Bertz CT molecular complexity index is 1120. The summed E-state index contributed by atoms with van der Waals surface area (Å²) in [6.07, 6.45) is 9.21. The monoisotopic (exact) mass is 494 g/mol. The predicted octanol–water partition coefficient (Wildman–Crippen LogP) is -0.406. The first-order valence-corrected chi connectivity index (χ1v) is 13.3. The molecule has 2 aliphatic carbocycles. The van der Waals surface area contributed by atoms with Gasteiger partial charge in [-0.15, -0.1) is 0 Å². The molecule has 2 aliphatic rings. The summed E-state index contributed by atoms with van der Waals surface area (Å²) < 4.78 is 5.00. The van der Waals surface area contributed by atoms with Gasteiger partial charge in [-0.25, -0.2) is 0 Å². The molecule has 0 atom stereocenters. The van der Waals surface area contributed by atoms with Crippen molar-refractivity contribution in [3.05, 3.63) is 111 Å². The summed E-state index contributed by atoms with van der Waals surface area (Å²) >= 11 is -2.16. The van der Waals surface area contributed by atoms with E-state index in [1.165, 1.54) is 22.3 Å². The van der Waals surface area contributed by atoms with E-state index in [1.54, 1.807) is 15.3 Å². The summed E-state index contributed by atoms with van der Waals surface area (Å²) in [5.41, 5.74) is 7.41. The SMILES string of the molecule is C/[C](c1ccccc1)=[Zr+2](\[C]1=CC=CC1)[c]1cccc2c1Cc1ccccc1-2.[Cl-].[Cl-]. The minimum atomic E-state index is -2.16. The molecular formula is C26H22Cl2Zr. The molecule has 3 heteroatoms. The summed E-state index contributed by atoms with van der Waals surface area (Å²) in [6.45, 7) is 2.39. The Morgan fingerprint density at radius 3 is 2.28 bits per heavy atom. The Balaban J connectivity index is 0.00000120. The fourth-order valence-electron chi connectivity index (χ4n) is 4.47. The van der Waals surface area contributed by atoms with Crippen LogP contribution in [0.5, 0.6) is 0 Å². The van der Waals surface area contributed by atoms with E-state index in [-0.39, 0.29) is 24.8 Å². The second-order valence-electron chi connectivity index (χ2n) is 7.36. The van der Waals surface area contributed by atoms with E-state index in [0.29, 0.717) is 0 Å². The molecule has 0 nitrogen and oxygen atoms in total. The zero-order valence-electron chi connectivity index (χ0n) is 16.3. The van der Waals surface area contributed by atoms with Gasteiger partial charge in [0, 0.05) is 0 Å². The third-order valence-electron chi connectivity index (χ3n) is 5.79. The number of rotatable bonds is 3. The largest absolute Gasteiger partial charge is 1.00 e. The van der Waals surface area contributed by atoms with E-state index in [9.17, 15) is 0 Å². The molecule has 5 rings (SSSR count). The van der Waals surface area contributed by atoms with Crippen molar-refractivity contribution in [3.8, 4) is 11.1 Å². The van der Waals surface area contributed by atoms with Gasteiger partial charge in [0.15, 0.2) is 0 Å². The summed E-state index contributed by atoms with van der Waals surface area (Å²) in [5.74, 6) is 0. The number of hydrogen-bond donors (Lipinski definition) is 0. The van der Waals surface area contributed by atoms with Gasteiger partial charge in [-0.2, -0.15) is 0 Å². The second-order valence-corrected chi connectivity index (χ2v) is 13.9. The minimum Gasteiger partial charge on any atom is -1.00 e. The molecule has 0 fully saturated rings. The number of hydrogen-bond acceptors (Lipinski definition) is 0. The van der Waals surface area contributed by atoms with Crippen LogP contribution in [-0.4, -0.2) is 3.21 Å². The van der Waals surface area contributed by atoms with Crippen LogP contribution >= 0.6 is 0 Å². The number of benzene rings is 3. The third-order valence-corrected chi connectivity index (χ3v) is 13.3. The normalized spacial score (nSPS) is 13.6. The van der Waals surface area contributed by atoms with E-state index < -0.39 is 21.3 Å². The molecule has 0 saturated heterocycles. The van der Waals surface area contributed by atoms with E-state index in [4.69, 9.17) is 0 Å². The minimum absolute atomic E-state index is 0. The molecule has 0 aliphatic heterocycles. The van der Waals surface area contributed by atoms with Crippen molar-refractivity contribution in [2.24, 2.45) is 0 Å². The Hall–Kier alpha value is -1.53. The van der Waals surface area contributed by atoms with Crippen LogP contribution in [0.15, 0.2) is 94.3 Å². The van der Waals surface area contributed by atoms with Crippen LogP contribution < -0.4 is 28.1 Å². The fourth-order valence-corrected chi connectivity index (χ4v) is 12.0. The molecule has 0 N–H and O–H groups in total. The topological polar surface area (TPSA) is 0 Å². The average Bonchev–Trinajstić information content (AvgIpc) is 3.37. The molecule has 144 valence electrons. The van der Waals surface area contributed by atoms with Crippen molar-refractivity contribution in [2.75, 3.05) is 0 Å². The van der Waals surface area contributed by atoms with E-state index in [1.807, 2.05) is 0 Å². The molecule has 0 unspecified atom stereocenters. The van der Waals surface area contributed by atoms with Gasteiger partial charge in [0.1, 0.15) is 0 Å². The van der Waals surface area contributed by atoms with Crippen LogP contribution in [0.3, 0.4) is 0 Å². The van der Waals surface area contributed by atoms with E-state index in [0.717, 1.165) is 12.8 Å². The molecule has 3 aromatic rings. The Kier molecular flexibility index (Phi) is 7.28. The van der Waals surface area contributed by atoms with Crippen LogP contribution in [0.25, 0.3) is 11.1 Å². The van der Waals surface area contributed by atoms with Crippen LogP contribution in [0.4, 0.5) is 0 Å². The summed E-state index contributed by atoms with van der Waals surface area (Å²) in [6, 6.07) is 27.0. The smallest absolute Gasteiger partial charge is 1.00 e. The molecular weight excluding hydrogens is 474 g/mol. The van der Waals surface area contributed by atoms with Gasteiger partial charge in [0.2, 0.25) is 0 Å². The summed E-state index contributed by atoms with van der Waals surface area (Å²) in [7, 11) is 0. The van der Waals surface area contributed by atoms with Crippen LogP contribution in [0.2, 0.25) is 0 Å². The Morgan fingerprint density at radius 2 is 1.52 bits per heavy atom. The average molecular weight is 497 g/mol. The van der Waals surface area contributed by atoms with Crippen LogP contribution in [-0.2, 0) is 27.7 Å². The van der Waals surface area contributed by atoms with Gasteiger partial charge in [-0.1, -0.05) is 0 Å². The molecule has 0 radical (unpaired) electrons. The van der Waals surface area contributed by atoms with Crippen molar-refractivity contribution in [3.63, 3.8) is 0 Å². The Morgan fingerprint density at radius 1 is 0.793 bits per heavy atom. The van der Waals surface area contributed by atoms with Gasteiger partial charge in [-0.05, 0) is 0 Å². The van der Waals surface area contributed by atoms with Gasteiger partial charge in [0.05, 0.1) is 0 Å². The van der Waals surface area contributed by atoms with Gasteiger partial charge >= 0.3 is 170 Å². The molecule has 0 amide bonds. The van der Waals surface area contributed by atoms with Crippen molar-refractivity contribution >= 4 is 6.48 Å². The molecule has 0 spiro atoms. The van der Waals surface area contributed by atoms with Crippen molar-refractivity contribution < 1.29 is 46.1 Å². The zero-order chi connectivity index (χ0) is 18.2. The van der Waals surface area contributed by atoms with Crippen molar-refractivity contribution in [2.45, 2.75) is 19.8 Å². The molecule has 0 saturated carbocycles. The molecule has 29 heavy (non-hydrogen) atoms.